The summed E-state index contributed by atoms with van der Waals surface area (Å²) in [6.07, 6.45) is 0.542. The van der Waals surface area contributed by atoms with E-state index in [1.54, 1.807) is 20.8 Å². The average Bonchev–Trinajstić information content (AvgIpc) is 2.41. The number of benzene rings is 1. The molecule has 24 heavy (non-hydrogen) atoms. The Labute approximate surface area is 140 Å². The van der Waals surface area contributed by atoms with Gasteiger partial charge in [-0.2, -0.15) is 0 Å². The summed E-state index contributed by atoms with van der Waals surface area (Å²) in [5, 5.41) is 11.5. The van der Waals surface area contributed by atoms with Gasteiger partial charge in [0.2, 0.25) is 0 Å². The lowest BCUT2D eigenvalue weighted by Gasteiger charge is -2.22. The standard InChI is InChI=1S/C17H22FNO5/c1-5-6-23-13-8-11(7-12(18)10-13)9-14(15(20)21)19-16(22)24-17(2,3)4/h5,7-8,10,14H,1,6,9H2,2-4H3,(H,19,22)(H,20,21)/t14-/m0/s1. The highest BCUT2D eigenvalue weighted by atomic mass is 19.1. The smallest absolute Gasteiger partial charge is 0.408 e. The van der Waals surface area contributed by atoms with E-state index < -0.39 is 29.5 Å². The molecule has 1 rings (SSSR count). The molecule has 2 N–H and O–H groups in total. The van der Waals surface area contributed by atoms with Gasteiger partial charge in [0.05, 0.1) is 0 Å². The number of carbonyl (C=O) groups is 2. The second-order valence-electron chi connectivity index (χ2n) is 6.14. The summed E-state index contributed by atoms with van der Waals surface area (Å²) in [5.74, 6) is -1.56. The van der Waals surface area contributed by atoms with E-state index in [9.17, 15) is 19.1 Å². The maximum Gasteiger partial charge on any atom is 0.408 e. The normalized spacial score (nSPS) is 12.2. The van der Waals surface area contributed by atoms with Crippen molar-refractivity contribution in [3.05, 3.63) is 42.2 Å². The molecule has 1 aromatic carbocycles. The third-order valence-corrected chi connectivity index (χ3v) is 2.73. The van der Waals surface area contributed by atoms with Crippen molar-refractivity contribution in [1.29, 1.82) is 0 Å². The molecular formula is C17H22FNO5. The third kappa shape index (κ3) is 7.13. The highest BCUT2D eigenvalue weighted by molar-refractivity contribution is 5.80. The van der Waals surface area contributed by atoms with Crippen molar-refractivity contribution < 1.29 is 28.6 Å². The van der Waals surface area contributed by atoms with Crippen LogP contribution < -0.4 is 10.1 Å². The molecule has 0 radical (unpaired) electrons. The zero-order chi connectivity index (χ0) is 18.3. The van der Waals surface area contributed by atoms with Gasteiger partial charge in [0.25, 0.3) is 0 Å². The second kappa shape index (κ2) is 8.33. The monoisotopic (exact) mass is 339 g/mol. The van der Waals surface area contributed by atoms with Crippen LogP contribution in [-0.4, -0.2) is 35.4 Å². The second-order valence-corrected chi connectivity index (χ2v) is 6.14. The molecule has 0 saturated carbocycles. The molecule has 0 unspecified atom stereocenters. The number of hydrogen-bond donors (Lipinski definition) is 2. The van der Waals surface area contributed by atoms with Crippen LogP contribution in [0.2, 0.25) is 0 Å². The van der Waals surface area contributed by atoms with Gasteiger partial charge in [-0.1, -0.05) is 12.7 Å². The number of alkyl carbamates (subject to hydrolysis) is 1. The van der Waals surface area contributed by atoms with Crippen LogP contribution in [0.4, 0.5) is 9.18 Å². The summed E-state index contributed by atoms with van der Waals surface area (Å²) >= 11 is 0. The fourth-order valence-electron chi connectivity index (χ4n) is 1.86. The SMILES string of the molecule is C=CCOc1cc(F)cc(C[C@H](NC(=O)OC(C)(C)C)C(=O)O)c1. The first kappa shape index (κ1) is 19.5. The van der Waals surface area contributed by atoms with Crippen LogP contribution in [0, 0.1) is 5.82 Å². The van der Waals surface area contributed by atoms with Crippen LogP contribution in [0.3, 0.4) is 0 Å². The molecular weight excluding hydrogens is 317 g/mol. The summed E-state index contributed by atoms with van der Waals surface area (Å²) in [6, 6.07) is 2.63. The van der Waals surface area contributed by atoms with E-state index in [0.29, 0.717) is 5.56 Å². The first-order valence-corrected chi connectivity index (χ1v) is 7.36. The molecule has 6 nitrogen and oxygen atoms in total. The van der Waals surface area contributed by atoms with Crippen molar-refractivity contribution in [3.63, 3.8) is 0 Å². The number of carboxylic acid groups (broad SMARTS) is 1. The van der Waals surface area contributed by atoms with Gasteiger partial charge in [-0.15, -0.1) is 0 Å². The minimum absolute atomic E-state index is 0.114. The van der Waals surface area contributed by atoms with Crippen molar-refractivity contribution in [2.45, 2.75) is 38.8 Å². The van der Waals surface area contributed by atoms with E-state index >= 15 is 0 Å². The van der Waals surface area contributed by atoms with Gasteiger partial charge < -0.3 is 19.9 Å². The number of rotatable bonds is 7. The van der Waals surface area contributed by atoms with Crippen molar-refractivity contribution in [3.8, 4) is 5.75 Å². The van der Waals surface area contributed by atoms with E-state index in [2.05, 4.69) is 11.9 Å². The van der Waals surface area contributed by atoms with Crippen LogP contribution in [-0.2, 0) is 16.0 Å². The summed E-state index contributed by atoms with van der Waals surface area (Å²) in [4.78, 5) is 23.1. The molecule has 0 aliphatic rings. The van der Waals surface area contributed by atoms with Gasteiger partial charge >= 0.3 is 12.1 Å². The zero-order valence-electron chi connectivity index (χ0n) is 14.0. The number of halogens is 1. The predicted molar refractivity (Wildman–Crippen MR) is 86.6 cm³/mol. The Hall–Kier alpha value is -2.57. The van der Waals surface area contributed by atoms with E-state index in [-0.39, 0.29) is 18.8 Å². The molecule has 0 aliphatic heterocycles. The number of aliphatic carboxylic acids is 1. The zero-order valence-corrected chi connectivity index (χ0v) is 14.0. The lowest BCUT2D eigenvalue weighted by Crippen LogP contribution is -2.44. The maximum absolute atomic E-state index is 13.6. The van der Waals surface area contributed by atoms with E-state index in [0.717, 1.165) is 0 Å². The van der Waals surface area contributed by atoms with Crippen LogP contribution in [0.1, 0.15) is 26.3 Å². The topological polar surface area (TPSA) is 84.9 Å². The fourth-order valence-corrected chi connectivity index (χ4v) is 1.86. The summed E-state index contributed by atoms with van der Waals surface area (Å²) < 4.78 is 23.9. The number of hydrogen-bond acceptors (Lipinski definition) is 4. The van der Waals surface area contributed by atoms with Crippen molar-refractivity contribution >= 4 is 12.1 Å². The first-order valence-electron chi connectivity index (χ1n) is 7.36. The van der Waals surface area contributed by atoms with Crippen LogP contribution in [0.25, 0.3) is 0 Å². The minimum atomic E-state index is -1.26. The number of amides is 1. The average molecular weight is 339 g/mol. The van der Waals surface area contributed by atoms with Gasteiger partial charge in [-0.3, -0.25) is 0 Å². The highest BCUT2D eigenvalue weighted by Crippen LogP contribution is 2.18. The van der Waals surface area contributed by atoms with Crippen molar-refractivity contribution in [2.75, 3.05) is 6.61 Å². The third-order valence-electron chi connectivity index (χ3n) is 2.73. The lowest BCUT2D eigenvalue weighted by atomic mass is 10.1. The Balaban J connectivity index is 2.85. The highest BCUT2D eigenvalue weighted by Gasteiger charge is 2.24. The quantitative estimate of drug-likeness (QED) is 0.746. The Morgan fingerprint density at radius 2 is 2.04 bits per heavy atom. The van der Waals surface area contributed by atoms with Gasteiger partial charge in [0.15, 0.2) is 0 Å². The van der Waals surface area contributed by atoms with Gasteiger partial charge in [-0.25, -0.2) is 14.0 Å². The molecule has 0 heterocycles. The largest absolute Gasteiger partial charge is 0.489 e. The molecule has 0 aliphatic carbocycles. The van der Waals surface area contributed by atoms with E-state index in [4.69, 9.17) is 9.47 Å². The number of nitrogens with one attached hydrogen (secondary N) is 1. The summed E-state index contributed by atoms with van der Waals surface area (Å²) in [5.41, 5.74) is -0.380. The molecule has 0 saturated heterocycles. The first-order chi connectivity index (χ1) is 11.1. The van der Waals surface area contributed by atoms with Crippen LogP contribution >= 0.6 is 0 Å². The molecule has 1 atom stereocenters. The van der Waals surface area contributed by atoms with E-state index in [1.165, 1.54) is 24.3 Å². The van der Waals surface area contributed by atoms with Crippen LogP contribution in [0.15, 0.2) is 30.9 Å². The molecule has 7 heteroatoms. The Bertz CT molecular complexity index is 609. The molecule has 0 fully saturated rings. The molecule has 0 spiro atoms. The predicted octanol–water partition coefficient (Wildman–Crippen LogP) is 2.91. The van der Waals surface area contributed by atoms with Crippen LogP contribution in [0.5, 0.6) is 5.75 Å². The van der Waals surface area contributed by atoms with Gasteiger partial charge in [-0.05, 0) is 38.5 Å². The Morgan fingerprint density at radius 3 is 2.58 bits per heavy atom. The fraction of sp³-hybridized carbons (Fsp3) is 0.412. The molecule has 0 aromatic heterocycles. The number of carboxylic acids is 1. The van der Waals surface area contributed by atoms with Gasteiger partial charge in [0, 0.05) is 12.5 Å². The summed E-state index contributed by atoms with van der Waals surface area (Å²) in [6.45, 7) is 8.69. The molecule has 132 valence electrons. The number of carbonyl (C=O) groups excluding carboxylic acids is 1. The lowest BCUT2D eigenvalue weighted by molar-refractivity contribution is -0.139. The van der Waals surface area contributed by atoms with Crippen molar-refractivity contribution in [1.82, 2.24) is 5.32 Å². The molecule has 0 bridgehead atoms. The van der Waals surface area contributed by atoms with E-state index in [1.807, 2.05) is 0 Å². The Morgan fingerprint density at radius 1 is 1.38 bits per heavy atom. The molecule has 1 amide bonds. The van der Waals surface area contributed by atoms with Crippen molar-refractivity contribution in [2.24, 2.45) is 0 Å². The molecule has 1 aromatic rings. The Kier molecular flexibility index (Phi) is 6.76. The summed E-state index contributed by atoms with van der Waals surface area (Å²) in [7, 11) is 0. The maximum atomic E-state index is 13.6. The number of ether oxygens (including phenoxy) is 2. The van der Waals surface area contributed by atoms with Gasteiger partial charge in [0.1, 0.15) is 29.8 Å². The minimum Gasteiger partial charge on any atom is -0.489 e.